The molecular formula is C15H23ClN4O. The Balaban J connectivity index is 0.00000220. The molecule has 0 bridgehead atoms. The monoisotopic (exact) mass is 310 g/mol. The second-order valence-corrected chi connectivity index (χ2v) is 5.44. The molecule has 1 aliphatic carbocycles. The van der Waals surface area contributed by atoms with Gasteiger partial charge in [-0.3, -0.25) is 5.41 Å². The lowest BCUT2D eigenvalue weighted by Gasteiger charge is -2.28. The molecule has 2 amide bonds. The van der Waals surface area contributed by atoms with Gasteiger partial charge in [0.05, 0.1) is 5.69 Å². The molecule has 0 heterocycles. The van der Waals surface area contributed by atoms with Crippen LogP contribution in [-0.2, 0) is 0 Å². The van der Waals surface area contributed by atoms with E-state index in [2.05, 4.69) is 5.32 Å². The topological polar surface area (TPSA) is 82.2 Å². The predicted octanol–water partition coefficient (Wildman–Crippen LogP) is 2.93. The minimum Gasteiger partial charge on any atom is -0.369 e. The molecule has 0 atom stereocenters. The number of rotatable bonds is 3. The molecule has 1 aliphatic rings. The molecule has 0 aliphatic heterocycles. The van der Waals surface area contributed by atoms with Crippen LogP contribution < -0.4 is 16.0 Å². The number of carbonyl (C=O) groups excluding carboxylic acids is 1. The molecule has 1 aromatic rings. The van der Waals surface area contributed by atoms with E-state index in [0.29, 0.717) is 18.2 Å². The number of benzene rings is 1. The highest BCUT2D eigenvalue weighted by Crippen LogP contribution is 2.26. The zero-order valence-electron chi connectivity index (χ0n) is 12.5. The largest absolute Gasteiger partial charge is 0.369 e. The van der Waals surface area contributed by atoms with Crippen LogP contribution in [-0.4, -0.2) is 18.5 Å². The van der Waals surface area contributed by atoms with Crippen LogP contribution in [0.5, 0.6) is 0 Å². The van der Waals surface area contributed by atoms with Crippen LogP contribution in [0.4, 0.5) is 10.5 Å². The number of urea groups is 1. The van der Waals surface area contributed by atoms with Crippen LogP contribution in [0.2, 0.25) is 0 Å². The minimum atomic E-state index is -0.318. The number of anilines is 1. The van der Waals surface area contributed by atoms with Gasteiger partial charge in [0, 0.05) is 6.54 Å². The summed E-state index contributed by atoms with van der Waals surface area (Å²) >= 11 is 0. The predicted molar refractivity (Wildman–Crippen MR) is 88.3 cm³/mol. The fourth-order valence-corrected chi connectivity index (χ4v) is 2.50. The number of hydrogen-bond acceptors (Lipinski definition) is 2. The molecule has 0 radical (unpaired) electrons. The number of aryl methyl sites for hydroxylation is 2. The summed E-state index contributed by atoms with van der Waals surface area (Å²) in [7, 11) is 0. The molecule has 116 valence electrons. The van der Waals surface area contributed by atoms with Gasteiger partial charge >= 0.3 is 6.03 Å². The first-order valence-corrected chi connectivity index (χ1v) is 6.99. The first kappa shape index (κ1) is 17.3. The highest BCUT2D eigenvalue weighted by atomic mass is 35.5. The molecule has 0 unspecified atom stereocenters. The summed E-state index contributed by atoms with van der Waals surface area (Å²) in [6.07, 6.45) is 3.58. The van der Waals surface area contributed by atoms with E-state index in [4.69, 9.17) is 11.1 Å². The van der Waals surface area contributed by atoms with E-state index in [1.165, 1.54) is 24.2 Å². The van der Waals surface area contributed by atoms with Crippen molar-refractivity contribution in [1.29, 1.82) is 5.41 Å². The Bertz CT molecular complexity index is 508. The molecule has 0 aromatic heterocycles. The van der Waals surface area contributed by atoms with Crippen LogP contribution in [0, 0.1) is 25.2 Å². The van der Waals surface area contributed by atoms with E-state index < -0.39 is 0 Å². The van der Waals surface area contributed by atoms with Crippen molar-refractivity contribution >= 4 is 30.1 Å². The molecule has 1 aromatic carbocycles. The van der Waals surface area contributed by atoms with E-state index in [0.717, 1.165) is 11.1 Å². The SMILES string of the molecule is Cc1cccc(C)c1N(C(=N)N)C(=O)NCC1CCC1.Cl. The number of hydrogen-bond donors (Lipinski definition) is 3. The van der Waals surface area contributed by atoms with Gasteiger partial charge in [0.2, 0.25) is 5.96 Å². The van der Waals surface area contributed by atoms with Gasteiger partial charge in [0.25, 0.3) is 0 Å². The molecular weight excluding hydrogens is 288 g/mol. The van der Waals surface area contributed by atoms with Crippen molar-refractivity contribution < 1.29 is 4.79 Å². The number of guanidine groups is 1. The number of nitrogens with two attached hydrogens (primary N) is 1. The van der Waals surface area contributed by atoms with Crippen molar-refractivity contribution in [3.05, 3.63) is 29.3 Å². The number of halogens is 1. The van der Waals surface area contributed by atoms with Crippen LogP contribution in [0.15, 0.2) is 18.2 Å². The Labute approximate surface area is 131 Å². The lowest BCUT2D eigenvalue weighted by Crippen LogP contribution is -2.49. The summed E-state index contributed by atoms with van der Waals surface area (Å²) in [5, 5.41) is 10.6. The van der Waals surface area contributed by atoms with E-state index in [1.54, 1.807) is 0 Å². The zero-order chi connectivity index (χ0) is 14.7. The standard InChI is InChI=1S/C15H22N4O.ClH/c1-10-5-3-6-11(2)13(10)19(14(16)17)15(20)18-9-12-7-4-8-12;/h3,5-6,12H,4,7-9H2,1-2H3,(H3,16,17)(H,18,20);1H. The quantitative estimate of drug-likeness (QED) is 0.592. The number of amides is 2. The summed E-state index contributed by atoms with van der Waals surface area (Å²) in [5.41, 5.74) is 8.17. The lowest BCUT2D eigenvalue weighted by molar-refractivity contribution is 0.240. The zero-order valence-corrected chi connectivity index (χ0v) is 13.3. The third-order valence-corrected chi connectivity index (χ3v) is 3.87. The Morgan fingerprint density at radius 1 is 1.38 bits per heavy atom. The smallest absolute Gasteiger partial charge is 0.328 e. The van der Waals surface area contributed by atoms with E-state index in [9.17, 15) is 4.79 Å². The van der Waals surface area contributed by atoms with Crippen molar-refractivity contribution in [2.24, 2.45) is 11.7 Å². The third kappa shape index (κ3) is 3.88. The maximum Gasteiger partial charge on any atom is 0.328 e. The van der Waals surface area contributed by atoms with Gasteiger partial charge in [-0.05, 0) is 43.7 Å². The summed E-state index contributed by atoms with van der Waals surface area (Å²) < 4.78 is 0. The number of nitrogens with one attached hydrogen (secondary N) is 2. The average Bonchev–Trinajstić information content (AvgIpc) is 2.31. The molecule has 0 spiro atoms. The van der Waals surface area contributed by atoms with Crippen LogP contribution in [0.3, 0.4) is 0 Å². The van der Waals surface area contributed by atoms with Crippen LogP contribution in [0.1, 0.15) is 30.4 Å². The number of carbonyl (C=O) groups is 1. The van der Waals surface area contributed by atoms with Crippen molar-refractivity contribution in [3.8, 4) is 0 Å². The van der Waals surface area contributed by atoms with Crippen molar-refractivity contribution in [1.82, 2.24) is 5.32 Å². The Morgan fingerprint density at radius 3 is 2.38 bits per heavy atom. The highest BCUT2D eigenvalue weighted by molar-refractivity contribution is 6.14. The van der Waals surface area contributed by atoms with Gasteiger partial charge < -0.3 is 11.1 Å². The summed E-state index contributed by atoms with van der Waals surface area (Å²) in [6.45, 7) is 4.49. The Kier molecular flexibility index (Phi) is 6.03. The maximum absolute atomic E-state index is 12.3. The van der Waals surface area contributed by atoms with E-state index in [-0.39, 0.29) is 24.4 Å². The molecule has 21 heavy (non-hydrogen) atoms. The summed E-state index contributed by atoms with van der Waals surface area (Å²) in [4.78, 5) is 13.6. The molecule has 5 nitrogen and oxygen atoms in total. The van der Waals surface area contributed by atoms with Crippen molar-refractivity contribution in [2.45, 2.75) is 33.1 Å². The molecule has 4 N–H and O–H groups in total. The molecule has 0 saturated heterocycles. The van der Waals surface area contributed by atoms with Crippen LogP contribution >= 0.6 is 12.4 Å². The Hall–Kier alpha value is -1.75. The van der Waals surface area contributed by atoms with Crippen LogP contribution in [0.25, 0.3) is 0 Å². The third-order valence-electron chi connectivity index (χ3n) is 3.87. The summed E-state index contributed by atoms with van der Waals surface area (Å²) in [5.74, 6) is 0.319. The van der Waals surface area contributed by atoms with Gasteiger partial charge in [-0.15, -0.1) is 12.4 Å². The van der Waals surface area contributed by atoms with E-state index in [1.807, 2.05) is 32.0 Å². The lowest BCUT2D eigenvalue weighted by atomic mass is 9.85. The normalized spacial score (nSPS) is 13.8. The molecule has 1 fully saturated rings. The minimum absolute atomic E-state index is 0. The number of para-hydroxylation sites is 1. The van der Waals surface area contributed by atoms with Crippen molar-refractivity contribution in [3.63, 3.8) is 0 Å². The van der Waals surface area contributed by atoms with Gasteiger partial charge in [-0.1, -0.05) is 24.6 Å². The summed E-state index contributed by atoms with van der Waals surface area (Å²) in [6, 6.07) is 5.44. The van der Waals surface area contributed by atoms with Gasteiger partial charge in [-0.25, -0.2) is 9.69 Å². The van der Waals surface area contributed by atoms with Gasteiger partial charge in [0.1, 0.15) is 0 Å². The molecule has 2 rings (SSSR count). The van der Waals surface area contributed by atoms with Gasteiger partial charge in [0.15, 0.2) is 0 Å². The fraction of sp³-hybridized carbons (Fsp3) is 0.467. The van der Waals surface area contributed by atoms with Gasteiger partial charge in [-0.2, -0.15) is 0 Å². The highest BCUT2D eigenvalue weighted by Gasteiger charge is 2.24. The molecule has 6 heteroatoms. The average molecular weight is 311 g/mol. The van der Waals surface area contributed by atoms with Crippen molar-refractivity contribution in [2.75, 3.05) is 11.4 Å². The number of nitrogens with zero attached hydrogens (tertiary/aromatic N) is 1. The first-order chi connectivity index (χ1) is 9.50. The van der Waals surface area contributed by atoms with E-state index >= 15 is 0 Å². The fourth-order valence-electron chi connectivity index (χ4n) is 2.50. The first-order valence-electron chi connectivity index (χ1n) is 6.99. The molecule has 1 saturated carbocycles. The second-order valence-electron chi connectivity index (χ2n) is 5.44. The second kappa shape index (κ2) is 7.31. The Morgan fingerprint density at radius 2 is 1.95 bits per heavy atom. The maximum atomic E-state index is 12.3.